The van der Waals surface area contributed by atoms with Crippen LogP contribution in [0.3, 0.4) is 0 Å². The molecule has 0 atom stereocenters. The Balaban J connectivity index is 1.49. The summed E-state index contributed by atoms with van der Waals surface area (Å²) in [6.07, 6.45) is 8.50. The summed E-state index contributed by atoms with van der Waals surface area (Å²) >= 11 is 6.53. The number of imidazole rings is 1. The largest absolute Gasteiger partial charge is 0.334 e. The fraction of sp³-hybridized carbons (Fsp3) is 0.296. The molecule has 0 saturated carbocycles. The maximum Gasteiger partial charge on any atom is 0.334 e. The standard InChI is InChI=1S/C27H29ClN8O/c1-4-5-8-21-17-36(26-24(28)13-14-34(26)18(2)3)27(37)35(21)16-20-12-11-19(15-29-20)22-9-6-7-10-23(22)25-30-32-33-31-25/h6-7,9-15,17-18H,4-5,8,16H2,1-3H3,(H,30,31,32,33). The first-order chi connectivity index (χ1) is 18.0. The summed E-state index contributed by atoms with van der Waals surface area (Å²) in [5.41, 5.74) is 4.44. The van der Waals surface area contributed by atoms with Crippen LogP contribution in [0.4, 0.5) is 0 Å². The Kier molecular flexibility index (Phi) is 7.05. The predicted octanol–water partition coefficient (Wildman–Crippen LogP) is 5.31. The number of pyridine rings is 1. The van der Waals surface area contributed by atoms with E-state index in [4.69, 9.17) is 16.6 Å². The van der Waals surface area contributed by atoms with Gasteiger partial charge in [0, 0.05) is 41.5 Å². The Hall–Kier alpha value is -3.98. The minimum atomic E-state index is -0.123. The number of nitrogens with one attached hydrogen (secondary N) is 1. The summed E-state index contributed by atoms with van der Waals surface area (Å²) in [5, 5.41) is 14.8. The van der Waals surface area contributed by atoms with E-state index in [1.165, 1.54) is 0 Å². The lowest BCUT2D eigenvalue weighted by molar-refractivity contribution is 0.583. The third-order valence-electron chi connectivity index (χ3n) is 6.46. The van der Waals surface area contributed by atoms with Crippen LogP contribution in [0.2, 0.25) is 5.02 Å². The highest BCUT2D eigenvalue weighted by atomic mass is 35.5. The molecule has 1 N–H and O–H groups in total. The van der Waals surface area contributed by atoms with Crippen LogP contribution in [-0.4, -0.2) is 39.3 Å². The summed E-state index contributed by atoms with van der Waals surface area (Å²) in [6, 6.07) is 13.9. The number of rotatable bonds is 9. The van der Waals surface area contributed by atoms with E-state index in [9.17, 15) is 4.79 Å². The van der Waals surface area contributed by atoms with E-state index >= 15 is 0 Å². The van der Waals surface area contributed by atoms with Crippen molar-refractivity contribution >= 4 is 11.6 Å². The predicted molar refractivity (Wildman–Crippen MR) is 144 cm³/mol. The van der Waals surface area contributed by atoms with Crippen LogP contribution in [0.5, 0.6) is 0 Å². The van der Waals surface area contributed by atoms with Crippen molar-refractivity contribution in [3.8, 4) is 28.3 Å². The highest BCUT2D eigenvalue weighted by Gasteiger charge is 2.19. The topological polar surface area (TPSA) is 99.2 Å². The van der Waals surface area contributed by atoms with Crippen molar-refractivity contribution in [3.05, 3.63) is 87.9 Å². The maximum atomic E-state index is 13.7. The molecule has 0 aliphatic rings. The van der Waals surface area contributed by atoms with Gasteiger partial charge in [0.1, 0.15) is 5.82 Å². The average molecular weight is 517 g/mol. The van der Waals surface area contributed by atoms with E-state index < -0.39 is 0 Å². The Bertz CT molecular complexity index is 1540. The van der Waals surface area contributed by atoms with Gasteiger partial charge in [0.25, 0.3) is 0 Å². The third kappa shape index (κ3) is 4.86. The molecular formula is C27H29ClN8O. The second kappa shape index (κ2) is 10.6. The molecule has 0 saturated heterocycles. The van der Waals surface area contributed by atoms with Gasteiger partial charge in [-0.1, -0.05) is 55.3 Å². The zero-order chi connectivity index (χ0) is 25.9. The van der Waals surface area contributed by atoms with Gasteiger partial charge in [-0.2, -0.15) is 0 Å². The molecule has 1 aromatic carbocycles. The molecule has 5 rings (SSSR count). The molecule has 4 aromatic heterocycles. The summed E-state index contributed by atoms with van der Waals surface area (Å²) in [6.45, 7) is 6.66. The van der Waals surface area contributed by atoms with Crippen molar-refractivity contribution in [1.29, 1.82) is 0 Å². The van der Waals surface area contributed by atoms with Crippen molar-refractivity contribution in [2.24, 2.45) is 0 Å². The highest BCUT2D eigenvalue weighted by Crippen LogP contribution is 2.29. The number of hydrogen-bond acceptors (Lipinski definition) is 5. The summed E-state index contributed by atoms with van der Waals surface area (Å²) < 4.78 is 5.50. The fourth-order valence-corrected chi connectivity index (χ4v) is 4.77. The van der Waals surface area contributed by atoms with Gasteiger partial charge in [0.15, 0.2) is 5.82 Å². The molecule has 0 fully saturated rings. The van der Waals surface area contributed by atoms with Crippen LogP contribution in [0.25, 0.3) is 28.3 Å². The Morgan fingerprint density at radius 3 is 2.57 bits per heavy atom. The van der Waals surface area contributed by atoms with E-state index in [1.807, 2.05) is 65.6 Å². The van der Waals surface area contributed by atoms with Gasteiger partial charge in [0.2, 0.25) is 0 Å². The quantitative estimate of drug-likeness (QED) is 0.286. The molecule has 0 aliphatic heterocycles. The number of nitrogens with zero attached hydrogens (tertiary/aromatic N) is 7. The monoisotopic (exact) mass is 516 g/mol. The maximum absolute atomic E-state index is 13.7. The molecule has 9 nitrogen and oxygen atoms in total. The highest BCUT2D eigenvalue weighted by molar-refractivity contribution is 6.32. The molecule has 37 heavy (non-hydrogen) atoms. The zero-order valence-corrected chi connectivity index (χ0v) is 21.9. The summed E-state index contributed by atoms with van der Waals surface area (Å²) in [7, 11) is 0. The van der Waals surface area contributed by atoms with Crippen molar-refractivity contribution in [1.82, 2.24) is 39.3 Å². The van der Waals surface area contributed by atoms with E-state index in [0.717, 1.165) is 47.3 Å². The van der Waals surface area contributed by atoms with Crippen molar-refractivity contribution in [3.63, 3.8) is 0 Å². The Morgan fingerprint density at radius 2 is 1.89 bits per heavy atom. The molecule has 190 valence electrons. The second-order valence-corrected chi connectivity index (χ2v) is 9.69. The van der Waals surface area contributed by atoms with Crippen LogP contribution < -0.4 is 5.69 Å². The Morgan fingerprint density at radius 1 is 1.08 bits per heavy atom. The average Bonchev–Trinajstić information content (AvgIpc) is 3.64. The van der Waals surface area contributed by atoms with Crippen LogP contribution in [0.15, 0.2) is 65.8 Å². The molecule has 0 radical (unpaired) electrons. The molecule has 0 unspecified atom stereocenters. The second-order valence-electron chi connectivity index (χ2n) is 9.28. The first kappa shape index (κ1) is 24.7. The number of hydrogen-bond donors (Lipinski definition) is 1. The van der Waals surface area contributed by atoms with E-state index in [0.29, 0.717) is 23.2 Å². The number of aromatic nitrogens is 8. The van der Waals surface area contributed by atoms with E-state index in [1.54, 1.807) is 9.13 Å². The van der Waals surface area contributed by atoms with Crippen LogP contribution in [0, 0.1) is 0 Å². The molecule has 0 aliphatic carbocycles. The van der Waals surface area contributed by atoms with Crippen molar-refractivity contribution in [2.75, 3.05) is 0 Å². The zero-order valence-electron chi connectivity index (χ0n) is 21.1. The van der Waals surface area contributed by atoms with Crippen molar-refractivity contribution < 1.29 is 0 Å². The molecule has 0 bridgehead atoms. The lowest BCUT2D eigenvalue weighted by atomic mass is 10.0. The number of aryl methyl sites for hydroxylation is 1. The van der Waals surface area contributed by atoms with Gasteiger partial charge < -0.3 is 4.57 Å². The van der Waals surface area contributed by atoms with E-state index in [2.05, 4.69) is 41.4 Å². The van der Waals surface area contributed by atoms with Crippen LogP contribution in [0.1, 0.15) is 51.0 Å². The van der Waals surface area contributed by atoms with Gasteiger partial charge in [-0.3, -0.25) is 14.1 Å². The number of aromatic amines is 1. The number of H-pyrrole nitrogens is 1. The number of halogens is 1. The van der Waals surface area contributed by atoms with Gasteiger partial charge in [0.05, 0.1) is 17.3 Å². The Labute approximate surface area is 219 Å². The van der Waals surface area contributed by atoms with Gasteiger partial charge >= 0.3 is 5.69 Å². The first-order valence-corrected chi connectivity index (χ1v) is 12.8. The lowest BCUT2D eigenvalue weighted by Gasteiger charge is -2.13. The number of unbranched alkanes of at least 4 members (excludes halogenated alkanes) is 1. The first-order valence-electron chi connectivity index (χ1n) is 12.4. The molecule has 0 amide bonds. The van der Waals surface area contributed by atoms with E-state index in [-0.39, 0.29) is 11.7 Å². The molecule has 0 spiro atoms. The van der Waals surface area contributed by atoms with Crippen LogP contribution in [-0.2, 0) is 13.0 Å². The summed E-state index contributed by atoms with van der Waals surface area (Å²) in [5.74, 6) is 1.29. The molecule has 5 aromatic rings. The van der Waals surface area contributed by atoms with Crippen LogP contribution >= 0.6 is 11.6 Å². The van der Waals surface area contributed by atoms with Gasteiger partial charge in [-0.05, 0) is 54.8 Å². The number of benzene rings is 1. The third-order valence-corrected chi connectivity index (χ3v) is 6.75. The molecule has 10 heteroatoms. The fourth-order valence-electron chi connectivity index (χ4n) is 4.53. The molecular weight excluding hydrogens is 488 g/mol. The number of tetrazole rings is 1. The summed E-state index contributed by atoms with van der Waals surface area (Å²) in [4.78, 5) is 18.4. The van der Waals surface area contributed by atoms with Gasteiger partial charge in [-0.15, -0.1) is 5.10 Å². The van der Waals surface area contributed by atoms with Crippen molar-refractivity contribution in [2.45, 2.75) is 52.6 Å². The minimum absolute atomic E-state index is 0.123. The smallest absolute Gasteiger partial charge is 0.330 e. The SMILES string of the molecule is CCCCc1cn(-c2c(Cl)ccn2C(C)C)c(=O)n1Cc1ccc(-c2ccccc2-c2nnn[nH]2)cn1. The minimum Gasteiger partial charge on any atom is -0.330 e. The lowest BCUT2D eigenvalue weighted by Crippen LogP contribution is -2.26. The normalized spacial score (nSPS) is 11.5. The van der Waals surface area contributed by atoms with Gasteiger partial charge in [-0.25, -0.2) is 9.89 Å². The molecule has 4 heterocycles.